The SMILES string of the molecule is CCC1(c2ccc(OC)c(C)c2)NC(=O)N(CC(=O)OCCc2ccccc2)C1=O. The van der Waals surface area contributed by atoms with Crippen LogP contribution in [-0.2, 0) is 26.3 Å². The maximum absolute atomic E-state index is 13.2. The molecule has 158 valence electrons. The first kappa shape index (κ1) is 21.4. The summed E-state index contributed by atoms with van der Waals surface area (Å²) >= 11 is 0. The highest BCUT2D eigenvalue weighted by Crippen LogP contribution is 2.34. The molecule has 1 fully saturated rings. The normalized spacial score (nSPS) is 18.3. The molecular weight excluding hydrogens is 384 g/mol. The summed E-state index contributed by atoms with van der Waals surface area (Å²) in [6.45, 7) is 3.45. The molecule has 3 amide bonds. The standard InChI is InChI=1S/C23H26N2O5/c1-4-23(18-10-11-19(29-3)16(2)14-18)21(27)25(22(28)24-23)15-20(26)30-13-12-17-8-6-5-7-9-17/h5-11,14H,4,12-13,15H2,1-3H3,(H,24,28). The van der Waals surface area contributed by atoms with Gasteiger partial charge in [-0.15, -0.1) is 0 Å². The number of amides is 3. The van der Waals surface area contributed by atoms with Crippen molar-refractivity contribution in [3.8, 4) is 5.75 Å². The summed E-state index contributed by atoms with van der Waals surface area (Å²) < 4.78 is 10.5. The number of aryl methyl sites for hydroxylation is 1. The van der Waals surface area contributed by atoms with Crippen molar-refractivity contribution in [2.45, 2.75) is 32.2 Å². The molecule has 0 spiro atoms. The summed E-state index contributed by atoms with van der Waals surface area (Å²) in [6.07, 6.45) is 0.916. The molecule has 1 heterocycles. The molecule has 0 aromatic heterocycles. The second-order valence-corrected chi connectivity index (χ2v) is 7.22. The lowest BCUT2D eigenvalue weighted by atomic mass is 9.86. The fraction of sp³-hybridized carbons (Fsp3) is 0.348. The molecule has 1 atom stereocenters. The van der Waals surface area contributed by atoms with Gasteiger partial charge in [0.15, 0.2) is 0 Å². The van der Waals surface area contributed by atoms with Crippen molar-refractivity contribution in [2.75, 3.05) is 20.3 Å². The van der Waals surface area contributed by atoms with E-state index in [0.717, 1.165) is 16.0 Å². The summed E-state index contributed by atoms with van der Waals surface area (Å²) in [5.74, 6) is -0.382. The topological polar surface area (TPSA) is 84.9 Å². The van der Waals surface area contributed by atoms with E-state index in [9.17, 15) is 14.4 Å². The fourth-order valence-corrected chi connectivity index (χ4v) is 3.66. The number of carbonyl (C=O) groups is 3. The number of nitrogens with one attached hydrogen (secondary N) is 1. The molecule has 7 nitrogen and oxygen atoms in total. The number of carbonyl (C=O) groups excluding carboxylic acids is 3. The maximum atomic E-state index is 13.2. The highest BCUT2D eigenvalue weighted by Gasteiger charge is 2.51. The predicted molar refractivity (Wildman–Crippen MR) is 111 cm³/mol. The molecule has 1 saturated heterocycles. The van der Waals surface area contributed by atoms with E-state index in [-0.39, 0.29) is 6.61 Å². The maximum Gasteiger partial charge on any atom is 0.326 e. The van der Waals surface area contributed by atoms with Crippen LogP contribution in [0.2, 0.25) is 0 Å². The Bertz CT molecular complexity index is 944. The first-order valence-corrected chi connectivity index (χ1v) is 9.90. The molecule has 1 aliphatic heterocycles. The highest BCUT2D eigenvalue weighted by atomic mass is 16.5. The lowest BCUT2D eigenvalue weighted by molar-refractivity contribution is -0.147. The Morgan fingerprint density at radius 2 is 1.87 bits per heavy atom. The van der Waals surface area contributed by atoms with Crippen LogP contribution in [0.15, 0.2) is 48.5 Å². The molecule has 2 aromatic carbocycles. The van der Waals surface area contributed by atoms with E-state index in [1.807, 2.05) is 50.2 Å². The Balaban J connectivity index is 1.68. The van der Waals surface area contributed by atoms with Gasteiger partial charge in [0.05, 0.1) is 13.7 Å². The van der Waals surface area contributed by atoms with Crippen LogP contribution in [-0.4, -0.2) is 43.1 Å². The van der Waals surface area contributed by atoms with E-state index in [2.05, 4.69) is 5.32 Å². The van der Waals surface area contributed by atoms with Crippen LogP contribution in [0.3, 0.4) is 0 Å². The van der Waals surface area contributed by atoms with E-state index in [0.29, 0.717) is 24.2 Å². The molecule has 1 aliphatic rings. The molecule has 1 unspecified atom stereocenters. The first-order chi connectivity index (χ1) is 14.4. The fourth-order valence-electron chi connectivity index (χ4n) is 3.66. The summed E-state index contributed by atoms with van der Waals surface area (Å²) in [5.41, 5.74) is 1.34. The first-order valence-electron chi connectivity index (χ1n) is 9.90. The average molecular weight is 410 g/mol. The van der Waals surface area contributed by atoms with Gasteiger partial charge in [0, 0.05) is 6.42 Å². The molecule has 0 bridgehead atoms. The van der Waals surface area contributed by atoms with Crippen molar-refractivity contribution < 1.29 is 23.9 Å². The van der Waals surface area contributed by atoms with Crippen molar-refractivity contribution in [1.82, 2.24) is 10.2 Å². The van der Waals surface area contributed by atoms with Crippen LogP contribution in [0.1, 0.15) is 30.0 Å². The number of rotatable bonds is 8. The third-order valence-electron chi connectivity index (χ3n) is 5.38. The monoisotopic (exact) mass is 410 g/mol. The van der Waals surface area contributed by atoms with Gasteiger partial charge in [0.2, 0.25) is 0 Å². The van der Waals surface area contributed by atoms with Gasteiger partial charge in [-0.3, -0.25) is 14.5 Å². The number of nitrogens with zero attached hydrogens (tertiary/aromatic N) is 1. The second kappa shape index (κ2) is 8.98. The second-order valence-electron chi connectivity index (χ2n) is 7.22. The highest BCUT2D eigenvalue weighted by molar-refractivity contribution is 6.09. The lowest BCUT2D eigenvalue weighted by Crippen LogP contribution is -2.44. The van der Waals surface area contributed by atoms with Gasteiger partial charge in [0.25, 0.3) is 5.91 Å². The Morgan fingerprint density at radius 3 is 2.50 bits per heavy atom. The molecule has 0 aliphatic carbocycles. The van der Waals surface area contributed by atoms with Gasteiger partial charge < -0.3 is 14.8 Å². The van der Waals surface area contributed by atoms with Gasteiger partial charge in [-0.1, -0.05) is 43.3 Å². The van der Waals surface area contributed by atoms with Crippen LogP contribution in [0.25, 0.3) is 0 Å². The molecule has 1 N–H and O–H groups in total. The van der Waals surface area contributed by atoms with Crippen molar-refractivity contribution in [2.24, 2.45) is 0 Å². The number of esters is 1. The smallest absolute Gasteiger partial charge is 0.326 e. The third kappa shape index (κ3) is 4.15. The number of hydrogen-bond acceptors (Lipinski definition) is 5. The van der Waals surface area contributed by atoms with Crippen molar-refractivity contribution in [3.63, 3.8) is 0 Å². The van der Waals surface area contributed by atoms with E-state index in [4.69, 9.17) is 9.47 Å². The number of urea groups is 1. The Morgan fingerprint density at radius 1 is 1.13 bits per heavy atom. The minimum Gasteiger partial charge on any atom is -0.496 e. The number of imide groups is 1. The number of hydrogen-bond donors (Lipinski definition) is 1. The number of benzene rings is 2. The van der Waals surface area contributed by atoms with E-state index in [1.54, 1.807) is 19.2 Å². The Hall–Kier alpha value is -3.35. The molecule has 2 aromatic rings. The van der Waals surface area contributed by atoms with Crippen molar-refractivity contribution >= 4 is 17.9 Å². The molecule has 7 heteroatoms. The van der Waals surface area contributed by atoms with Gasteiger partial charge in [-0.2, -0.15) is 0 Å². The van der Waals surface area contributed by atoms with Crippen LogP contribution < -0.4 is 10.1 Å². The lowest BCUT2D eigenvalue weighted by Gasteiger charge is -2.26. The van der Waals surface area contributed by atoms with E-state index < -0.39 is 30.0 Å². The summed E-state index contributed by atoms with van der Waals surface area (Å²) in [5, 5.41) is 2.77. The van der Waals surface area contributed by atoms with Crippen LogP contribution in [0.5, 0.6) is 5.75 Å². The zero-order valence-corrected chi connectivity index (χ0v) is 17.4. The van der Waals surface area contributed by atoms with Crippen LogP contribution >= 0.6 is 0 Å². The molecule has 3 rings (SSSR count). The number of methoxy groups -OCH3 is 1. The van der Waals surface area contributed by atoms with Gasteiger partial charge in [-0.05, 0) is 42.2 Å². The third-order valence-corrected chi connectivity index (χ3v) is 5.38. The van der Waals surface area contributed by atoms with Gasteiger partial charge >= 0.3 is 12.0 Å². The van der Waals surface area contributed by atoms with Crippen LogP contribution in [0.4, 0.5) is 4.79 Å². The summed E-state index contributed by atoms with van der Waals surface area (Å²) in [4.78, 5) is 38.9. The van der Waals surface area contributed by atoms with E-state index in [1.165, 1.54) is 0 Å². The van der Waals surface area contributed by atoms with Crippen molar-refractivity contribution in [3.05, 3.63) is 65.2 Å². The minimum atomic E-state index is -1.21. The van der Waals surface area contributed by atoms with E-state index >= 15 is 0 Å². The van der Waals surface area contributed by atoms with Gasteiger partial charge in [0.1, 0.15) is 17.8 Å². The van der Waals surface area contributed by atoms with Crippen molar-refractivity contribution in [1.29, 1.82) is 0 Å². The average Bonchev–Trinajstić information content (AvgIpc) is 2.99. The molecule has 0 radical (unpaired) electrons. The minimum absolute atomic E-state index is 0.184. The largest absolute Gasteiger partial charge is 0.496 e. The van der Waals surface area contributed by atoms with Crippen LogP contribution in [0, 0.1) is 6.92 Å². The molecule has 0 saturated carbocycles. The zero-order chi connectivity index (χ0) is 21.7. The Labute approximate surface area is 176 Å². The molecular formula is C23H26N2O5. The summed E-state index contributed by atoms with van der Waals surface area (Å²) in [6, 6.07) is 14.4. The van der Waals surface area contributed by atoms with Gasteiger partial charge in [-0.25, -0.2) is 4.79 Å². The quantitative estimate of drug-likeness (QED) is 0.534. The predicted octanol–water partition coefficient (Wildman–Crippen LogP) is 2.95. The zero-order valence-electron chi connectivity index (χ0n) is 17.4. The Kier molecular flexibility index (Phi) is 6.40. The summed E-state index contributed by atoms with van der Waals surface area (Å²) in [7, 11) is 1.57. The number of ether oxygens (including phenoxy) is 2. The molecule has 30 heavy (non-hydrogen) atoms.